The molecule has 37 heavy (non-hydrogen) atoms. The molecule has 0 aliphatic carbocycles. The topological polar surface area (TPSA) is 84.9 Å². The minimum atomic E-state index is -0.811. The van der Waals surface area contributed by atoms with Crippen LogP contribution in [0.4, 0.5) is 11.4 Å². The molecule has 0 bridgehead atoms. The van der Waals surface area contributed by atoms with E-state index in [2.05, 4.69) is 51.8 Å². The Balaban J connectivity index is 1.89. The van der Waals surface area contributed by atoms with Gasteiger partial charge in [0.05, 0.1) is 11.4 Å². The number of piperidine rings is 1. The number of nitrogens with one attached hydrogen (secondary N) is 2. The third kappa shape index (κ3) is 7.33. The van der Waals surface area contributed by atoms with Crippen LogP contribution in [0.15, 0.2) is 53.6 Å². The van der Waals surface area contributed by atoms with Gasteiger partial charge < -0.3 is 25.5 Å². The maximum Gasteiger partial charge on any atom is 0.320 e. The second-order valence-corrected chi connectivity index (χ2v) is 10.7. The highest BCUT2D eigenvalue weighted by Gasteiger charge is 2.36. The van der Waals surface area contributed by atoms with E-state index in [1.54, 1.807) is 12.2 Å². The highest BCUT2D eigenvalue weighted by atomic mass is 16.4. The summed E-state index contributed by atoms with van der Waals surface area (Å²) in [6, 6.07) is 6.20. The Morgan fingerprint density at radius 2 is 1.92 bits per heavy atom. The molecular formula is C30H44N4O3. The van der Waals surface area contributed by atoms with Crippen molar-refractivity contribution in [1.82, 2.24) is 10.2 Å². The summed E-state index contributed by atoms with van der Waals surface area (Å²) in [6.07, 6.45) is 10.1. The van der Waals surface area contributed by atoms with Crippen molar-refractivity contribution < 1.29 is 14.7 Å². The van der Waals surface area contributed by atoms with Crippen LogP contribution in [0.25, 0.3) is 0 Å². The standard InChI is InChI=1S/C30H44N4O3/c1-7-9-28(35)21(5)17-23(8-2)29-32-25-18-22(19-31-26(30(36)37)16-20(3)4)10-11-27(25)34(29)24-12-14-33(6)15-13-24/h7-11,17-18,20,24,26,29,31-32H,12-16,19H2,1-6H3,(H,36,37)/b9-7-,21-17-,23-8+. The van der Waals surface area contributed by atoms with Gasteiger partial charge in [-0.1, -0.05) is 32.1 Å². The zero-order valence-electron chi connectivity index (χ0n) is 23.3. The second-order valence-electron chi connectivity index (χ2n) is 10.7. The molecule has 7 nitrogen and oxygen atoms in total. The molecule has 2 heterocycles. The fraction of sp³-hybridized carbons (Fsp3) is 0.533. The highest BCUT2D eigenvalue weighted by molar-refractivity contribution is 6.03. The van der Waals surface area contributed by atoms with Gasteiger partial charge in [0.25, 0.3) is 0 Å². The molecule has 0 amide bonds. The van der Waals surface area contributed by atoms with Gasteiger partial charge in [-0.05, 0) is 107 Å². The number of ketones is 1. The van der Waals surface area contributed by atoms with Gasteiger partial charge in [-0.25, -0.2) is 0 Å². The number of carbonyl (C=O) groups is 2. The molecule has 0 saturated carbocycles. The van der Waals surface area contributed by atoms with Crippen molar-refractivity contribution in [3.63, 3.8) is 0 Å². The van der Waals surface area contributed by atoms with E-state index in [1.807, 2.05) is 40.7 Å². The maximum absolute atomic E-state index is 12.5. The molecule has 2 unspecified atom stereocenters. The van der Waals surface area contributed by atoms with Crippen molar-refractivity contribution in [2.45, 2.75) is 78.7 Å². The molecule has 2 atom stereocenters. The summed E-state index contributed by atoms with van der Waals surface area (Å²) >= 11 is 0. The number of carboxylic acid groups (broad SMARTS) is 1. The summed E-state index contributed by atoms with van der Waals surface area (Å²) in [7, 11) is 2.17. The summed E-state index contributed by atoms with van der Waals surface area (Å²) in [5, 5.41) is 16.5. The number of carbonyl (C=O) groups excluding carboxylic acids is 1. The number of rotatable bonds is 11. The normalized spacial score (nSPS) is 20.4. The lowest BCUT2D eigenvalue weighted by atomic mass is 9.99. The van der Waals surface area contributed by atoms with Crippen molar-refractivity contribution in [2.75, 3.05) is 30.4 Å². The van der Waals surface area contributed by atoms with Crippen molar-refractivity contribution in [3.8, 4) is 0 Å². The quantitative estimate of drug-likeness (QED) is 0.288. The number of allylic oxidation sites excluding steroid dienone is 4. The van der Waals surface area contributed by atoms with Crippen LogP contribution in [0.2, 0.25) is 0 Å². The smallest absolute Gasteiger partial charge is 0.320 e. The third-order valence-corrected chi connectivity index (χ3v) is 7.29. The van der Waals surface area contributed by atoms with E-state index >= 15 is 0 Å². The molecule has 1 aromatic carbocycles. The first-order valence-corrected chi connectivity index (χ1v) is 13.5. The SMILES string of the molecule is C/C=C\C(=O)/C(C)=C\C(=C/C)C1Nc2cc(CNC(CC(C)C)C(=O)O)ccc2N1C1CCN(C)CC1. The molecule has 202 valence electrons. The van der Waals surface area contributed by atoms with Crippen LogP contribution in [0, 0.1) is 5.92 Å². The van der Waals surface area contributed by atoms with E-state index in [9.17, 15) is 14.7 Å². The Bertz CT molecular complexity index is 1050. The van der Waals surface area contributed by atoms with Crippen LogP contribution in [0.5, 0.6) is 0 Å². The van der Waals surface area contributed by atoms with E-state index in [0.717, 1.165) is 48.4 Å². The van der Waals surface area contributed by atoms with Gasteiger partial charge in [0.1, 0.15) is 12.2 Å². The van der Waals surface area contributed by atoms with Crippen LogP contribution >= 0.6 is 0 Å². The van der Waals surface area contributed by atoms with Crippen molar-refractivity contribution in [3.05, 3.63) is 59.2 Å². The van der Waals surface area contributed by atoms with Gasteiger partial charge in [-0.2, -0.15) is 0 Å². The summed E-state index contributed by atoms with van der Waals surface area (Å²) < 4.78 is 0. The lowest BCUT2D eigenvalue weighted by Crippen LogP contribution is -2.49. The average molecular weight is 509 g/mol. The lowest BCUT2D eigenvalue weighted by Gasteiger charge is -2.40. The largest absolute Gasteiger partial charge is 0.480 e. The van der Waals surface area contributed by atoms with Gasteiger partial charge in [0, 0.05) is 12.6 Å². The molecular weight excluding hydrogens is 464 g/mol. The number of benzene rings is 1. The Labute approximate surface area is 222 Å². The van der Waals surface area contributed by atoms with Gasteiger partial charge in [0.2, 0.25) is 0 Å². The van der Waals surface area contributed by atoms with E-state index in [4.69, 9.17) is 0 Å². The number of carboxylic acids is 1. The number of aliphatic carboxylic acids is 1. The summed E-state index contributed by atoms with van der Waals surface area (Å²) in [5.41, 5.74) is 5.02. The minimum absolute atomic E-state index is 0.0194. The Morgan fingerprint density at radius 3 is 2.51 bits per heavy atom. The van der Waals surface area contributed by atoms with E-state index in [0.29, 0.717) is 30.5 Å². The monoisotopic (exact) mass is 508 g/mol. The molecule has 1 aromatic rings. The van der Waals surface area contributed by atoms with Gasteiger partial charge in [-0.3, -0.25) is 9.59 Å². The molecule has 1 saturated heterocycles. The molecule has 7 heteroatoms. The third-order valence-electron chi connectivity index (χ3n) is 7.29. The predicted octanol–water partition coefficient (Wildman–Crippen LogP) is 4.97. The number of fused-ring (bicyclic) bond motifs is 1. The van der Waals surface area contributed by atoms with Crippen LogP contribution < -0.4 is 15.5 Å². The summed E-state index contributed by atoms with van der Waals surface area (Å²) in [5.74, 6) is -0.491. The molecule has 1 fully saturated rings. The fourth-order valence-electron chi connectivity index (χ4n) is 5.22. The first-order chi connectivity index (χ1) is 17.6. The predicted molar refractivity (Wildman–Crippen MR) is 152 cm³/mol. The van der Waals surface area contributed by atoms with Crippen LogP contribution in [0.3, 0.4) is 0 Å². The molecule has 3 N–H and O–H groups in total. The first-order valence-electron chi connectivity index (χ1n) is 13.5. The highest BCUT2D eigenvalue weighted by Crippen LogP contribution is 2.41. The van der Waals surface area contributed by atoms with Crippen LogP contribution in [-0.2, 0) is 16.1 Å². The summed E-state index contributed by atoms with van der Waals surface area (Å²) in [4.78, 5) is 29.0. The zero-order valence-corrected chi connectivity index (χ0v) is 23.3. The van der Waals surface area contributed by atoms with E-state index in [1.165, 1.54) is 0 Å². The van der Waals surface area contributed by atoms with Crippen molar-refractivity contribution >= 4 is 23.1 Å². The average Bonchev–Trinajstić information content (AvgIpc) is 3.23. The molecule has 0 spiro atoms. The van der Waals surface area contributed by atoms with Crippen LogP contribution in [0.1, 0.15) is 59.4 Å². The van der Waals surface area contributed by atoms with Gasteiger partial charge >= 0.3 is 5.97 Å². The Morgan fingerprint density at radius 1 is 1.22 bits per heavy atom. The van der Waals surface area contributed by atoms with E-state index in [-0.39, 0.29) is 11.9 Å². The number of hydrogen-bond acceptors (Lipinski definition) is 6. The number of hydrogen-bond donors (Lipinski definition) is 3. The molecule has 2 aliphatic rings. The molecule has 0 aromatic heterocycles. The molecule has 3 rings (SSSR count). The van der Waals surface area contributed by atoms with Gasteiger partial charge in [0.15, 0.2) is 5.78 Å². The Hall–Kier alpha value is -2.90. The van der Waals surface area contributed by atoms with E-state index < -0.39 is 12.0 Å². The second kappa shape index (κ2) is 13.1. The van der Waals surface area contributed by atoms with Crippen molar-refractivity contribution in [2.24, 2.45) is 5.92 Å². The Kier molecular flexibility index (Phi) is 10.1. The van der Waals surface area contributed by atoms with Gasteiger partial charge in [-0.15, -0.1) is 0 Å². The lowest BCUT2D eigenvalue weighted by molar-refractivity contribution is -0.140. The van der Waals surface area contributed by atoms with Crippen molar-refractivity contribution in [1.29, 1.82) is 0 Å². The van der Waals surface area contributed by atoms with Crippen LogP contribution in [-0.4, -0.2) is 60.1 Å². The molecule has 0 radical (unpaired) electrons. The number of likely N-dealkylation sites (tertiary alicyclic amines) is 1. The minimum Gasteiger partial charge on any atom is -0.480 e. The zero-order chi connectivity index (χ0) is 27.1. The molecule has 2 aliphatic heterocycles. The number of anilines is 2. The number of nitrogens with zero attached hydrogens (tertiary/aromatic N) is 2. The maximum atomic E-state index is 12.5. The fourth-order valence-corrected chi connectivity index (χ4v) is 5.22. The first kappa shape index (κ1) is 28.7. The summed E-state index contributed by atoms with van der Waals surface area (Å²) in [6.45, 7) is 12.4.